The van der Waals surface area contributed by atoms with Crippen LogP contribution < -0.4 is 5.11 Å². The lowest BCUT2D eigenvalue weighted by atomic mass is 10.0. The van der Waals surface area contributed by atoms with Crippen LogP contribution in [0.5, 0.6) is 0 Å². The molecule has 0 aliphatic rings. The third-order valence-corrected chi connectivity index (χ3v) is 10.00. The van der Waals surface area contributed by atoms with Crippen LogP contribution in [0.15, 0.2) is 12.2 Å². The van der Waals surface area contributed by atoms with Crippen LogP contribution in [-0.2, 0) is 14.4 Å². The van der Waals surface area contributed by atoms with Crippen molar-refractivity contribution < 1.29 is 34.2 Å². The maximum absolute atomic E-state index is 11.5. The van der Waals surface area contributed by atoms with E-state index >= 15 is 0 Å². The molecule has 3 atom stereocenters. The summed E-state index contributed by atoms with van der Waals surface area (Å²) < 4.78 is 0.575. The van der Waals surface area contributed by atoms with Crippen LogP contribution in [0.1, 0.15) is 175 Å². The van der Waals surface area contributed by atoms with E-state index in [1.54, 1.807) is 20.8 Å². The summed E-state index contributed by atoms with van der Waals surface area (Å²) in [4.78, 5) is 34.4. The van der Waals surface area contributed by atoms with Gasteiger partial charge < -0.3 is 24.6 Å². The number of aliphatic carboxylic acids is 3. The van der Waals surface area contributed by atoms with Crippen LogP contribution in [0.4, 0.5) is 0 Å². The van der Waals surface area contributed by atoms with E-state index in [0.29, 0.717) is 43.4 Å². The Balaban J connectivity index is 4.33. The highest BCUT2D eigenvalue weighted by atomic mass is 16.4. The zero-order valence-corrected chi connectivity index (χ0v) is 30.5. The molecule has 0 radical (unpaired) electrons. The van der Waals surface area contributed by atoms with Crippen molar-refractivity contribution in [2.45, 2.75) is 175 Å². The van der Waals surface area contributed by atoms with Gasteiger partial charge in [-0.25, -0.2) is 0 Å². The van der Waals surface area contributed by atoms with Crippen molar-refractivity contribution >= 4 is 17.9 Å². The molecule has 0 spiro atoms. The Hall–Kier alpha value is -1.89. The molecule has 3 unspecified atom stereocenters. The smallest absolute Gasteiger partial charge is 0.306 e. The van der Waals surface area contributed by atoms with Gasteiger partial charge in [-0.05, 0) is 38.5 Å². The molecule has 0 fully saturated rings. The molecule has 0 saturated heterocycles. The molecule has 7 heteroatoms. The number of allylic oxidation sites excluding steroid dienone is 2. The Bertz CT molecular complexity index is 738. The predicted octanol–water partition coefficient (Wildman–Crippen LogP) is 9.18. The summed E-state index contributed by atoms with van der Waals surface area (Å²) >= 11 is 0. The Kier molecular flexibility index (Phi) is 28.1. The minimum Gasteiger partial charge on any atom is -0.550 e. The number of hydrogen-bond donors (Lipinski definition) is 2. The lowest BCUT2D eigenvalue weighted by Crippen LogP contribution is -2.52. The number of carbonyl (C=O) groups is 3. The molecule has 0 aliphatic heterocycles. The Morgan fingerprint density at radius 1 is 0.522 bits per heavy atom. The fraction of sp³-hybridized carbons (Fsp3) is 0.872. The van der Waals surface area contributed by atoms with Crippen molar-refractivity contribution in [2.75, 3.05) is 26.2 Å². The van der Waals surface area contributed by atoms with Gasteiger partial charge in [0.1, 0.15) is 0 Å². The quantitative estimate of drug-likeness (QED) is 0.0407. The largest absolute Gasteiger partial charge is 0.550 e. The van der Waals surface area contributed by atoms with Crippen molar-refractivity contribution in [3.8, 4) is 0 Å². The molecule has 7 nitrogen and oxygen atoms in total. The van der Waals surface area contributed by atoms with Crippen molar-refractivity contribution in [1.82, 2.24) is 0 Å². The van der Waals surface area contributed by atoms with E-state index in [-0.39, 0.29) is 0 Å². The molecule has 0 saturated carbocycles. The van der Waals surface area contributed by atoms with E-state index in [4.69, 9.17) is 0 Å². The summed E-state index contributed by atoms with van der Waals surface area (Å²) in [6, 6.07) is 0. The highest BCUT2D eigenvalue weighted by Gasteiger charge is 2.30. The summed E-state index contributed by atoms with van der Waals surface area (Å²) in [6.45, 7) is 9.96. The number of rotatable bonds is 34. The summed E-state index contributed by atoms with van der Waals surface area (Å²) in [5.41, 5.74) is 0. The molecular formula is C39H73NO6. The van der Waals surface area contributed by atoms with E-state index in [2.05, 4.69) is 19.1 Å². The maximum atomic E-state index is 11.5. The fourth-order valence-corrected chi connectivity index (χ4v) is 6.19. The molecule has 2 N–H and O–H groups in total. The second-order valence-corrected chi connectivity index (χ2v) is 14.4. The third kappa shape index (κ3) is 25.2. The van der Waals surface area contributed by atoms with Gasteiger partial charge >= 0.3 is 11.9 Å². The number of quaternary nitrogens is 1. The fourth-order valence-electron chi connectivity index (χ4n) is 6.19. The molecule has 0 aromatic rings. The molecule has 46 heavy (non-hydrogen) atoms. The van der Waals surface area contributed by atoms with Gasteiger partial charge in [0.05, 0.1) is 38.0 Å². The van der Waals surface area contributed by atoms with Crippen LogP contribution in [0.25, 0.3) is 0 Å². The minimum atomic E-state index is -1.08. The SMILES string of the molecule is CCCCCCCCCCCCCCCC/C=C/CCCCCC[N+](CCC(C)C(=O)[O-])(CCC(C)C(=O)O)CCC(C)C(=O)O. The first-order chi connectivity index (χ1) is 22.0. The zero-order valence-electron chi connectivity index (χ0n) is 30.5. The average Bonchev–Trinajstić information content (AvgIpc) is 3.03. The van der Waals surface area contributed by atoms with Gasteiger partial charge in [0.2, 0.25) is 0 Å². The Morgan fingerprint density at radius 3 is 1.20 bits per heavy atom. The molecular weight excluding hydrogens is 578 g/mol. The highest BCUT2D eigenvalue weighted by Crippen LogP contribution is 2.22. The lowest BCUT2D eigenvalue weighted by molar-refractivity contribution is -0.929. The second kappa shape index (κ2) is 29.3. The molecule has 0 rings (SSSR count). The summed E-state index contributed by atoms with van der Waals surface area (Å²) in [5.74, 6) is -4.33. The first-order valence-electron chi connectivity index (χ1n) is 19.2. The van der Waals surface area contributed by atoms with Gasteiger partial charge in [-0.1, -0.05) is 130 Å². The molecule has 0 aliphatic carbocycles. The number of nitrogens with zero attached hydrogens (tertiary/aromatic N) is 1. The van der Waals surface area contributed by atoms with Crippen LogP contribution in [0, 0.1) is 17.8 Å². The van der Waals surface area contributed by atoms with E-state index < -0.39 is 35.7 Å². The Labute approximate surface area is 283 Å². The van der Waals surface area contributed by atoms with Gasteiger partial charge in [-0.3, -0.25) is 9.59 Å². The first-order valence-corrected chi connectivity index (χ1v) is 19.2. The summed E-state index contributed by atoms with van der Waals surface area (Å²) in [7, 11) is 0. The van der Waals surface area contributed by atoms with Crippen LogP contribution in [-0.4, -0.2) is 58.8 Å². The first kappa shape index (κ1) is 44.1. The van der Waals surface area contributed by atoms with E-state index in [1.165, 1.54) is 96.3 Å². The summed E-state index contributed by atoms with van der Waals surface area (Å²) in [6.07, 6.45) is 32.1. The topological polar surface area (TPSA) is 115 Å². The van der Waals surface area contributed by atoms with Crippen molar-refractivity contribution in [3.05, 3.63) is 12.2 Å². The van der Waals surface area contributed by atoms with Crippen molar-refractivity contribution in [2.24, 2.45) is 17.8 Å². The number of carboxylic acids is 3. The molecule has 0 heterocycles. The molecule has 270 valence electrons. The highest BCUT2D eigenvalue weighted by molar-refractivity contribution is 5.69. The van der Waals surface area contributed by atoms with E-state index in [9.17, 15) is 29.7 Å². The Morgan fingerprint density at radius 2 is 0.848 bits per heavy atom. The minimum absolute atomic E-state index is 0.440. The zero-order chi connectivity index (χ0) is 34.5. The third-order valence-electron chi connectivity index (χ3n) is 10.00. The number of carbonyl (C=O) groups excluding carboxylic acids is 1. The van der Waals surface area contributed by atoms with Crippen molar-refractivity contribution in [3.63, 3.8) is 0 Å². The summed E-state index contributed by atoms with van der Waals surface area (Å²) in [5, 5.41) is 30.3. The van der Waals surface area contributed by atoms with Gasteiger partial charge in [-0.2, -0.15) is 0 Å². The monoisotopic (exact) mass is 652 g/mol. The van der Waals surface area contributed by atoms with Crippen LogP contribution in [0.2, 0.25) is 0 Å². The lowest BCUT2D eigenvalue weighted by Gasteiger charge is -2.41. The van der Waals surface area contributed by atoms with Crippen molar-refractivity contribution in [1.29, 1.82) is 0 Å². The van der Waals surface area contributed by atoms with E-state index in [0.717, 1.165) is 38.6 Å². The van der Waals surface area contributed by atoms with Crippen LogP contribution in [0.3, 0.4) is 0 Å². The average molecular weight is 652 g/mol. The van der Waals surface area contributed by atoms with E-state index in [1.807, 2.05) is 0 Å². The van der Waals surface area contributed by atoms with Crippen LogP contribution >= 0.6 is 0 Å². The standard InChI is InChI=1S/C39H73NO6/c1-5-6-7-8-9-10-11-12-13-14-15-16-17-18-19-20-21-22-23-24-25-26-30-40(31-27-34(2)37(41)42,32-28-35(3)38(43)44)33-29-36(4)39(45)46/h20-21,34-36H,5-19,22-33H2,1-4H3,(H2-,41,42,43,44,45,46)/b21-20+. The number of unbranched alkanes of at least 4 members (excludes halogenated alkanes) is 18. The normalized spacial score (nSPS) is 15.0. The number of hydrogen-bond acceptors (Lipinski definition) is 4. The maximum Gasteiger partial charge on any atom is 0.306 e. The predicted molar refractivity (Wildman–Crippen MR) is 189 cm³/mol. The second-order valence-electron chi connectivity index (χ2n) is 14.4. The number of carboxylic acid groups (broad SMARTS) is 3. The molecule has 0 aromatic carbocycles. The van der Waals surface area contributed by atoms with Gasteiger partial charge in [0.15, 0.2) is 0 Å². The van der Waals surface area contributed by atoms with Gasteiger partial charge in [0, 0.05) is 31.1 Å². The molecule has 0 amide bonds. The van der Waals surface area contributed by atoms with Gasteiger partial charge in [-0.15, -0.1) is 0 Å². The molecule has 0 aromatic heterocycles. The molecule has 0 bridgehead atoms. The van der Waals surface area contributed by atoms with Gasteiger partial charge in [0.25, 0.3) is 0 Å².